The molecule has 2 rings (SSSR count). The van der Waals surface area contributed by atoms with Gasteiger partial charge >= 0.3 is 0 Å². The fourth-order valence-electron chi connectivity index (χ4n) is 2.01. The Kier molecular flexibility index (Phi) is 3.95. The quantitative estimate of drug-likeness (QED) is 0.788. The van der Waals surface area contributed by atoms with Gasteiger partial charge < -0.3 is 4.74 Å². The Morgan fingerprint density at radius 3 is 2.53 bits per heavy atom. The number of ether oxygens (including phenoxy) is 1. The summed E-state index contributed by atoms with van der Waals surface area (Å²) < 4.78 is 5.25. The van der Waals surface area contributed by atoms with Crippen LogP contribution < -0.4 is 4.74 Å². The number of methoxy groups -OCH3 is 1. The van der Waals surface area contributed by atoms with E-state index in [1.165, 1.54) is 12.5 Å². The molecule has 0 spiro atoms. The second kappa shape index (κ2) is 5.65. The number of hydrogen-bond acceptors (Lipinski definition) is 3. The molecular formula is C16H17NO2. The van der Waals surface area contributed by atoms with Crippen molar-refractivity contribution < 1.29 is 9.53 Å². The summed E-state index contributed by atoms with van der Waals surface area (Å²) in [5, 5.41) is 0. The van der Waals surface area contributed by atoms with Gasteiger partial charge in [0.1, 0.15) is 5.69 Å². The fourth-order valence-corrected chi connectivity index (χ4v) is 2.01. The Labute approximate surface area is 113 Å². The van der Waals surface area contributed by atoms with Crippen molar-refractivity contribution in [3.8, 4) is 5.88 Å². The molecule has 0 fully saturated rings. The number of carbonyl (C=O) groups is 1. The van der Waals surface area contributed by atoms with E-state index in [0.29, 0.717) is 11.6 Å². The Morgan fingerprint density at radius 2 is 1.95 bits per heavy atom. The highest BCUT2D eigenvalue weighted by atomic mass is 16.5. The second-order valence-electron chi connectivity index (χ2n) is 4.52. The molecule has 3 nitrogen and oxygen atoms in total. The molecule has 0 radical (unpaired) electrons. The van der Waals surface area contributed by atoms with Crippen LogP contribution in [0, 0.1) is 6.92 Å². The van der Waals surface area contributed by atoms with Gasteiger partial charge in [0.05, 0.1) is 7.11 Å². The van der Waals surface area contributed by atoms with Crippen molar-refractivity contribution in [2.24, 2.45) is 0 Å². The van der Waals surface area contributed by atoms with Crippen molar-refractivity contribution in [1.29, 1.82) is 0 Å². The molecule has 0 aliphatic carbocycles. The lowest BCUT2D eigenvalue weighted by Crippen LogP contribution is -2.05. The van der Waals surface area contributed by atoms with E-state index in [4.69, 9.17) is 4.74 Å². The van der Waals surface area contributed by atoms with Crippen LogP contribution in [-0.2, 0) is 6.42 Å². The lowest BCUT2D eigenvalue weighted by Gasteiger charge is -2.11. The molecule has 0 bridgehead atoms. The largest absolute Gasteiger partial charge is 0.481 e. The summed E-state index contributed by atoms with van der Waals surface area (Å²) in [5.41, 5.74) is 3.71. The lowest BCUT2D eigenvalue weighted by atomic mass is 10.0. The van der Waals surface area contributed by atoms with Crippen molar-refractivity contribution in [2.75, 3.05) is 7.11 Å². The van der Waals surface area contributed by atoms with Crippen LogP contribution in [0.1, 0.15) is 34.1 Å². The zero-order valence-electron chi connectivity index (χ0n) is 11.4. The van der Waals surface area contributed by atoms with Crippen LogP contribution in [0.25, 0.3) is 0 Å². The molecule has 2 aromatic rings. The zero-order valence-corrected chi connectivity index (χ0v) is 11.4. The van der Waals surface area contributed by atoms with Crippen LogP contribution in [-0.4, -0.2) is 17.9 Å². The minimum atomic E-state index is -0.0485. The number of rotatable bonds is 4. The number of aromatic nitrogens is 1. The van der Waals surface area contributed by atoms with Crippen LogP contribution in [0.4, 0.5) is 0 Å². The molecule has 1 aromatic heterocycles. The molecule has 0 atom stereocenters. The number of pyridine rings is 1. The van der Waals surface area contributed by atoms with Crippen LogP contribution >= 0.6 is 0 Å². The zero-order chi connectivity index (χ0) is 13.8. The van der Waals surface area contributed by atoms with E-state index in [1.54, 1.807) is 7.11 Å². The van der Waals surface area contributed by atoms with Gasteiger partial charge in [0.15, 0.2) is 5.78 Å². The van der Waals surface area contributed by atoms with Gasteiger partial charge in [-0.2, -0.15) is 0 Å². The van der Waals surface area contributed by atoms with E-state index in [0.717, 1.165) is 17.5 Å². The van der Waals surface area contributed by atoms with E-state index in [9.17, 15) is 4.79 Å². The molecule has 0 saturated carbocycles. The summed E-state index contributed by atoms with van der Waals surface area (Å²) in [6, 6.07) is 12.0. The predicted molar refractivity (Wildman–Crippen MR) is 74.8 cm³/mol. The molecule has 0 saturated heterocycles. The molecule has 1 aromatic carbocycles. The number of nitrogens with zero attached hydrogens (tertiary/aromatic N) is 1. The third-order valence-electron chi connectivity index (χ3n) is 3.13. The third kappa shape index (κ3) is 2.99. The van der Waals surface area contributed by atoms with Gasteiger partial charge in [-0.3, -0.25) is 4.79 Å². The van der Waals surface area contributed by atoms with Crippen molar-refractivity contribution in [1.82, 2.24) is 4.98 Å². The summed E-state index contributed by atoms with van der Waals surface area (Å²) in [7, 11) is 1.57. The molecule has 0 aliphatic heterocycles. The Morgan fingerprint density at radius 1 is 1.26 bits per heavy atom. The minimum Gasteiger partial charge on any atom is -0.481 e. The van der Waals surface area contributed by atoms with E-state index in [-0.39, 0.29) is 5.78 Å². The van der Waals surface area contributed by atoms with Gasteiger partial charge in [0, 0.05) is 12.5 Å². The van der Waals surface area contributed by atoms with Gasteiger partial charge in [0.2, 0.25) is 5.88 Å². The number of ketones is 1. The summed E-state index contributed by atoms with van der Waals surface area (Å²) in [6.45, 7) is 3.48. The van der Waals surface area contributed by atoms with E-state index in [2.05, 4.69) is 17.1 Å². The number of benzene rings is 1. The Balaban J connectivity index is 2.44. The molecule has 0 N–H and O–H groups in total. The molecular weight excluding hydrogens is 238 g/mol. The maximum atomic E-state index is 11.5. The molecule has 0 unspecified atom stereocenters. The number of Topliss-reactive ketones (excluding diaryl/α,β-unsaturated/α-hetero) is 1. The first-order valence-electron chi connectivity index (χ1n) is 6.21. The summed E-state index contributed by atoms with van der Waals surface area (Å²) in [6.07, 6.45) is 0.770. The van der Waals surface area contributed by atoms with E-state index in [1.807, 2.05) is 31.2 Å². The summed E-state index contributed by atoms with van der Waals surface area (Å²) in [5.74, 6) is 0.478. The Hall–Kier alpha value is -2.16. The highest BCUT2D eigenvalue weighted by molar-refractivity contribution is 5.92. The van der Waals surface area contributed by atoms with Gasteiger partial charge in [-0.25, -0.2) is 4.98 Å². The van der Waals surface area contributed by atoms with Gasteiger partial charge in [0.25, 0.3) is 0 Å². The number of carbonyl (C=O) groups excluding carboxylic acids is 1. The molecule has 0 amide bonds. The molecule has 19 heavy (non-hydrogen) atoms. The van der Waals surface area contributed by atoms with Gasteiger partial charge in [-0.1, -0.05) is 30.3 Å². The lowest BCUT2D eigenvalue weighted by molar-refractivity contribution is 0.101. The van der Waals surface area contributed by atoms with Crippen LogP contribution in [0.15, 0.2) is 36.4 Å². The third-order valence-corrected chi connectivity index (χ3v) is 3.13. The topological polar surface area (TPSA) is 39.2 Å². The second-order valence-corrected chi connectivity index (χ2v) is 4.52. The first-order valence-corrected chi connectivity index (χ1v) is 6.21. The smallest absolute Gasteiger partial charge is 0.216 e. The molecule has 0 aliphatic rings. The standard InChI is InChI=1S/C16H17NO2/c1-11-14(9-13-7-5-4-6-8-13)10-15(12(2)18)17-16(11)19-3/h4-8,10H,9H2,1-3H3. The average Bonchev–Trinajstić information content (AvgIpc) is 2.42. The highest BCUT2D eigenvalue weighted by Crippen LogP contribution is 2.23. The normalized spacial score (nSPS) is 10.3. The molecule has 3 heteroatoms. The van der Waals surface area contributed by atoms with E-state index >= 15 is 0 Å². The Bertz CT molecular complexity index is 591. The minimum absolute atomic E-state index is 0.0485. The van der Waals surface area contributed by atoms with Crippen molar-refractivity contribution in [3.05, 3.63) is 58.8 Å². The predicted octanol–water partition coefficient (Wildman–Crippen LogP) is 3.19. The monoisotopic (exact) mass is 255 g/mol. The summed E-state index contributed by atoms with van der Waals surface area (Å²) >= 11 is 0. The SMILES string of the molecule is COc1nc(C(C)=O)cc(Cc2ccccc2)c1C. The van der Waals surface area contributed by atoms with Crippen molar-refractivity contribution in [3.63, 3.8) is 0 Å². The average molecular weight is 255 g/mol. The van der Waals surface area contributed by atoms with E-state index < -0.39 is 0 Å². The summed E-state index contributed by atoms with van der Waals surface area (Å²) in [4.78, 5) is 15.7. The van der Waals surface area contributed by atoms with Crippen molar-refractivity contribution >= 4 is 5.78 Å². The van der Waals surface area contributed by atoms with Crippen LogP contribution in [0.5, 0.6) is 5.88 Å². The first-order chi connectivity index (χ1) is 9.11. The molecule has 98 valence electrons. The number of hydrogen-bond donors (Lipinski definition) is 0. The maximum Gasteiger partial charge on any atom is 0.216 e. The van der Waals surface area contributed by atoms with Gasteiger partial charge in [-0.05, 0) is 30.5 Å². The maximum absolute atomic E-state index is 11.5. The highest BCUT2D eigenvalue weighted by Gasteiger charge is 2.12. The fraction of sp³-hybridized carbons (Fsp3) is 0.250. The first kappa shape index (κ1) is 13.3. The van der Waals surface area contributed by atoms with Crippen molar-refractivity contribution in [2.45, 2.75) is 20.3 Å². The molecule has 1 heterocycles. The van der Waals surface area contributed by atoms with Crippen LogP contribution in [0.3, 0.4) is 0 Å². The van der Waals surface area contributed by atoms with Crippen LogP contribution in [0.2, 0.25) is 0 Å². The van der Waals surface area contributed by atoms with Gasteiger partial charge in [-0.15, -0.1) is 0 Å².